The van der Waals surface area contributed by atoms with Gasteiger partial charge in [-0.05, 0) is 13.3 Å². The van der Waals surface area contributed by atoms with E-state index >= 15 is 0 Å². The summed E-state index contributed by atoms with van der Waals surface area (Å²) in [6.45, 7) is 5.64. The van der Waals surface area contributed by atoms with Crippen LogP contribution in [-0.2, 0) is 4.79 Å². The number of benzene rings is 1. The molecule has 2 rings (SSSR count). The third kappa shape index (κ3) is 2.41. The summed E-state index contributed by atoms with van der Waals surface area (Å²) < 4.78 is 0. The highest BCUT2D eigenvalue weighted by Crippen LogP contribution is 2.34. The van der Waals surface area contributed by atoms with E-state index in [0.717, 1.165) is 6.42 Å². The molecule has 1 heterocycles. The summed E-state index contributed by atoms with van der Waals surface area (Å²) in [6.07, 6.45) is 1.07. The lowest BCUT2D eigenvalue weighted by Crippen LogP contribution is -2.40. The van der Waals surface area contributed by atoms with E-state index < -0.39 is 10.3 Å². The second-order valence-electron chi connectivity index (χ2n) is 5.34. The van der Waals surface area contributed by atoms with Crippen LogP contribution >= 0.6 is 0 Å². The average Bonchev–Trinajstić information content (AvgIpc) is 2.39. The third-order valence-electron chi connectivity index (χ3n) is 3.87. The van der Waals surface area contributed by atoms with Gasteiger partial charge in [0.25, 0.3) is 5.69 Å². The Morgan fingerprint density at radius 1 is 1.50 bits per heavy atom. The van der Waals surface area contributed by atoms with Crippen molar-refractivity contribution < 1.29 is 9.72 Å². The molecule has 0 aliphatic carbocycles. The molecule has 0 bridgehead atoms. The van der Waals surface area contributed by atoms with Gasteiger partial charge in [-0.1, -0.05) is 26.0 Å². The van der Waals surface area contributed by atoms with Crippen molar-refractivity contribution in [3.05, 3.63) is 39.4 Å². The third-order valence-corrected chi connectivity index (χ3v) is 3.87. The minimum atomic E-state index is -0.399. The number of aryl methyl sites for hydroxylation is 1. The Bertz CT molecular complexity index is 610. The summed E-state index contributed by atoms with van der Waals surface area (Å²) in [5.41, 5.74) is 4.13. The van der Waals surface area contributed by atoms with Crippen molar-refractivity contribution in [2.45, 2.75) is 33.6 Å². The van der Waals surface area contributed by atoms with Crippen molar-refractivity contribution >= 4 is 17.3 Å². The molecule has 0 saturated carbocycles. The number of carbonyl (C=O) groups is 1. The minimum Gasteiger partial charge on any atom is -0.273 e. The van der Waals surface area contributed by atoms with Crippen LogP contribution in [0.1, 0.15) is 37.8 Å². The molecule has 20 heavy (non-hydrogen) atoms. The fourth-order valence-electron chi connectivity index (χ4n) is 2.39. The summed E-state index contributed by atoms with van der Waals surface area (Å²) in [6, 6.07) is 5.05. The maximum atomic E-state index is 11.5. The van der Waals surface area contributed by atoms with Crippen molar-refractivity contribution in [2.75, 3.05) is 0 Å². The normalized spacial score (nSPS) is 22.1. The van der Waals surface area contributed by atoms with Crippen LogP contribution in [0, 0.1) is 22.5 Å². The molecule has 1 aromatic rings. The van der Waals surface area contributed by atoms with Gasteiger partial charge in [0.15, 0.2) is 0 Å². The number of carbonyl (C=O) groups excluding carboxylic acids is 1. The number of nitrogens with one attached hydrogen (secondary N) is 1. The van der Waals surface area contributed by atoms with E-state index in [-0.39, 0.29) is 11.6 Å². The lowest BCUT2D eigenvalue weighted by Gasteiger charge is -2.32. The summed E-state index contributed by atoms with van der Waals surface area (Å²) in [5, 5.41) is 15.2. The van der Waals surface area contributed by atoms with Crippen LogP contribution < -0.4 is 5.43 Å². The van der Waals surface area contributed by atoms with Crippen LogP contribution in [0.2, 0.25) is 0 Å². The highest BCUT2D eigenvalue weighted by molar-refractivity contribution is 6.08. The van der Waals surface area contributed by atoms with Gasteiger partial charge in [-0.15, -0.1) is 0 Å². The molecule has 0 spiro atoms. The van der Waals surface area contributed by atoms with E-state index in [0.29, 0.717) is 23.3 Å². The molecule has 6 heteroatoms. The zero-order valence-electron chi connectivity index (χ0n) is 11.8. The highest BCUT2D eigenvalue weighted by atomic mass is 16.6. The van der Waals surface area contributed by atoms with Gasteiger partial charge in [-0.25, -0.2) is 5.43 Å². The number of hydrogen-bond acceptors (Lipinski definition) is 4. The van der Waals surface area contributed by atoms with Crippen LogP contribution in [0.15, 0.2) is 23.3 Å². The summed E-state index contributed by atoms with van der Waals surface area (Å²) in [7, 11) is 0. The van der Waals surface area contributed by atoms with Gasteiger partial charge in [-0.2, -0.15) is 5.10 Å². The number of rotatable bonds is 3. The SMILES string of the molecule is CCC1(C)CC(=O)NN=C1c1ccc(C)c([N+](=O)[O-])c1. The Morgan fingerprint density at radius 2 is 2.20 bits per heavy atom. The van der Waals surface area contributed by atoms with E-state index in [1.807, 2.05) is 19.9 Å². The molecule has 0 radical (unpaired) electrons. The maximum absolute atomic E-state index is 11.5. The molecule has 0 saturated heterocycles. The summed E-state index contributed by atoms with van der Waals surface area (Å²) in [4.78, 5) is 22.2. The topological polar surface area (TPSA) is 84.6 Å². The van der Waals surface area contributed by atoms with E-state index in [2.05, 4.69) is 10.5 Å². The van der Waals surface area contributed by atoms with Crippen LogP contribution in [0.4, 0.5) is 5.69 Å². The molecule has 6 nitrogen and oxygen atoms in total. The molecule has 1 aromatic carbocycles. The van der Waals surface area contributed by atoms with Gasteiger partial charge >= 0.3 is 0 Å². The fourth-order valence-corrected chi connectivity index (χ4v) is 2.39. The van der Waals surface area contributed by atoms with Crippen molar-refractivity contribution in [3.63, 3.8) is 0 Å². The molecule has 1 atom stereocenters. The number of nitro groups is 1. The first kappa shape index (κ1) is 14.2. The first-order chi connectivity index (χ1) is 9.37. The van der Waals surface area contributed by atoms with Crippen LogP contribution in [-0.4, -0.2) is 16.5 Å². The highest BCUT2D eigenvalue weighted by Gasteiger charge is 2.36. The fraction of sp³-hybridized carbons (Fsp3) is 0.429. The van der Waals surface area contributed by atoms with Crippen LogP contribution in [0.3, 0.4) is 0 Å². The predicted molar refractivity (Wildman–Crippen MR) is 75.5 cm³/mol. The van der Waals surface area contributed by atoms with Gasteiger partial charge in [0.1, 0.15) is 0 Å². The molecule has 1 amide bonds. The van der Waals surface area contributed by atoms with Crippen molar-refractivity contribution in [2.24, 2.45) is 10.5 Å². The number of hydrazone groups is 1. The Morgan fingerprint density at radius 3 is 2.80 bits per heavy atom. The van der Waals surface area contributed by atoms with E-state index in [1.54, 1.807) is 13.0 Å². The molecule has 1 aliphatic rings. The minimum absolute atomic E-state index is 0.0700. The molecule has 106 valence electrons. The van der Waals surface area contributed by atoms with Gasteiger partial charge in [0, 0.05) is 29.0 Å². The Labute approximate surface area is 117 Å². The average molecular weight is 275 g/mol. The largest absolute Gasteiger partial charge is 0.273 e. The molecule has 1 aliphatic heterocycles. The van der Waals surface area contributed by atoms with Crippen molar-refractivity contribution in [1.82, 2.24) is 5.43 Å². The van der Waals surface area contributed by atoms with Gasteiger partial charge < -0.3 is 0 Å². The molecule has 1 N–H and O–H groups in total. The lowest BCUT2D eigenvalue weighted by molar-refractivity contribution is -0.385. The first-order valence-corrected chi connectivity index (χ1v) is 6.50. The lowest BCUT2D eigenvalue weighted by atomic mass is 9.75. The van der Waals surface area contributed by atoms with Crippen LogP contribution in [0.25, 0.3) is 0 Å². The number of nitrogens with zero attached hydrogens (tertiary/aromatic N) is 2. The second kappa shape index (κ2) is 5.03. The number of nitro benzene ring substituents is 1. The van der Waals surface area contributed by atoms with Gasteiger partial charge in [0.05, 0.1) is 10.6 Å². The predicted octanol–water partition coefficient (Wildman–Crippen LogP) is 2.54. The molecular weight excluding hydrogens is 258 g/mol. The summed E-state index contributed by atoms with van der Waals surface area (Å²) >= 11 is 0. The van der Waals surface area contributed by atoms with Crippen molar-refractivity contribution in [1.29, 1.82) is 0 Å². The maximum Gasteiger partial charge on any atom is 0.272 e. The van der Waals surface area contributed by atoms with Gasteiger partial charge in [0.2, 0.25) is 5.91 Å². The molecule has 0 fully saturated rings. The molecular formula is C14H17N3O3. The molecule has 0 aromatic heterocycles. The second-order valence-corrected chi connectivity index (χ2v) is 5.34. The quantitative estimate of drug-likeness (QED) is 0.679. The standard InChI is InChI=1S/C14H17N3O3/c1-4-14(3)8-12(18)15-16-13(14)10-6-5-9(2)11(7-10)17(19)20/h5-7H,4,8H2,1-3H3,(H,15,18). The first-order valence-electron chi connectivity index (χ1n) is 6.50. The molecule has 1 unspecified atom stereocenters. The summed E-state index contributed by atoms with van der Waals surface area (Å²) in [5.74, 6) is -0.125. The zero-order valence-corrected chi connectivity index (χ0v) is 11.8. The zero-order chi connectivity index (χ0) is 14.9. The van der Waals surface area contributed by atoms with E-state index in [1.165, 1.54) is 6.07 Å². The number of amides is 1. The monoisotopic (exact) mass is 275 g/mol. The van der Waals surface area contributed by atoms with Gasteiger partial charge in [-0.3, -0.25) is 14.9 Å². The van der Waals surface area contributed by atoms with E-state index in [9.17, 15) is 14.9 Å². The Hall–Kier alpha value is -2.24. The van der Waals surface area contributed by atoms with E-state index in [4.69, 9.17) is 0 Å². The Kier molecular flexibility index (Phi) is 3.57. The Balaban J connectivity index is 2.52. The van der Waals surface area contributed by atoms with Crippen molar-refractivity contribution in [3.8, 4) is 0 Å². The van der Waals surface area contributed by atoms with Crippen LogP contribution in [0.5, 0.6) is 0 Å². The number of hydrogen-bond donors (Lipinski definition) is 1. The smallest absolute Gasteiger partial charge is 0.272 e.